The number of carbonyl (C=O) groups excluding carboxylic acids is 2. The van der Waals surface area contributed by atoms with Crippen LogP contribution < -0.4 is 5.32 Å². The molecule has 0 radical (unpaired) electrons. The Hall–Kier alpha value is -1.56. The van der Waals surface area contributed by atoms with Crippen LogP contribution >= 0.6 is 11.3 Å². The molecule has 1 amide bonds. The molecule has 0 fully saturated rings. The standard InChI is InChI=1S/C12H17NO4S/c1-5-16-10(14)9-8(6-7-18-9)13-11(15)17-12(2,3)4/h6-7H,5H2,1-4H3,(H,13,15). The number of carbonyl (C=O) groups is 2. The molecule has 0 aliphatic heterocycles. The van der Waals surface area contributed by atoms with Crippen molar-refractivity contribution < 1.29 is 19.1 Å². The zero-order chi connectivity index (χ0) is 13.8. The summed E-state index contributed by atoms with van der Waals surface area (Å²) < 4.78 is 10.00. The molecule has 6 heteroatoms. The number of hydrogen-bond acceptors (Lipinski definition) is 5. The maximum Gasteiger partial charge on any atom is 0.412 e. The largest absolute Gasteiger partial charge is 0.462 e. The molecule has 0 saturated heterocycles. The van der Waals surface area contributed by atoms with E-state index in [4.69, 9.17) is 9.47 Å². The van der Waals surface area contributed by atoms with E-state index in [1.54, 1.807) is 39.1 Å². The van der Waals surface area contributed by atoms with Gasteiger partial charge in [0.05, 0.1) is 12.3 Å². The molecule has 0 unspecified atom stereocenters. The first-order valence-electron chi connectivity index (χ1n) is 5.58. The minimum absolute atomic E-state index is 0.294. The van der Waals surface area contributed by atoms with E-state index in [0.29, 0.717) is 17.2 Å². The highest BCUT2D eigenvalue weighted by molar-refractivity contribution is 7.12. The molecule has 0 bridgehead atoms. The topological polar surface area (TPSA) is 64.6 Å². The predicted molar refractivity (Wildman–Crippen MR) is 70.1 cm³/mol. The van der Waals surface area contributed by atoms with Crippen molar-refractivity contribution in [3.63, 3.8) is 0 Å². The molecular formula is C12H17NO4S. The highest BCUT2D eigenvalue weighted by Crippen LogP contribution is 2.24. The van der Waals surface area contributed by atoms with Crippen molar-refractivity contribution >= 4 is 29.1 Å². The van der Waals surface area contributed by atoms with Gasteiger partial charge in [0.25, 0.3) is 0 Å². The first-order valence-corrected chi connectivity index (χ1v) is 6.46. The van der Waals surface area contributed by atoms with Crippen molar-refractivity contribution in [1.82, 2.24) is 0 Å². The van der Waals surface area contributed by atoms with E-state index in [-0.39, 0.29) is 0 Å². The molecule has 0 saturated carbocycles. The van der Waals surface area contributed by atoms with Crippen molar-refractivity contribution in [2.75, 3.05) is 11.9 Å². The Bertz CT molecular complexity index is 434. The van der Waals surface area contributed by atoms with Gasteiger partial charge >= 0.3 is 12.1 Å². The molecule has 1 N–H and O–H groups in total. The molecule has 100 valence electrons. The van der Waals surface area contributed by atoms with Gasteiger partial charge in [-0.1, -0.05) is 0 Å². The lowest BCUT2D eigenvalue weighted by molar-refractivity contribution is 0.0533. The summed E-state index contributed by atoms with van der Waals surface area (Å²) in [5, 5.41) is 4.24. The van der Waals surface area contributed by atoms with Crippen LogP contribution in [0.3, 0.4) is 0 Å². The van der Waals surface area contributed by atoms with Crippen LogP contribution in [0.5, 0.6) is 0 Å². The van der Waals surface area contributed by atoms with Gasteiger partial charge in [0, 0.05) is 0 Å². The lowest BCUT2D eigenvalue weighted by Crippen LogP contribution is -2.27. The average Bonchev–Trinajstić information content (AvgIpc) is 2.62. The second kappa shape index (κ2) is 5.86. The number of ether oxygens (including phenoxy) is 2. The lowest BCUT2D eigenvalue weighted by Gasteiger charge is -2.19. The van der Waals surface area contributed by atoms with Crippen LogP contribution in [0, 0.1) is 0 Å². The molecule has 1 heterocycles. The minimum Gasteiger partial charge on any atom is -0.462 e. The van der Waals surface area contributed by atoms with E-state index < -0.39 is 17.7 Å². The number of nitrogens with one attached hydrogen (secondary N) is 1. The minimum atomic E-state index is -0.591. The smallest absolute Gasteiger partial charge is 0.412 e. The van der Waals surface area contributed by atoms with Crippen LogP contribution in [-0.4, -0.2) is 24.3 Å². The van der Waals surface area contributed by atoms with Gasteiger partial charge in [0.2, 0.25) is 0 Å². The number of anilines is 1. The second-order valence-electron chi connectivity index (χ2n) is 4.51. The summed E-state index contributed by atoms with van der Waals surface area (Å²) in [6.07, 6.45) is -0.591. The SMILES string of the molecule is CCOC(=O)c1sccc1NC(=O)OC(C)(C)C. The van der Waals surface area contributed by atoms with Gasteiger partial charge in [-0.2, -0.15) is 0 Å². The molecule has 1 aromatic rings. The Morgan fingerprint density at radius 1 is 1.39 bits per heavy atom. The van der Waals surface area contributed by atoms with Gasteiger partial charge in [-0.25, -0.2) is 9.59 Å². The summed E-state index contributed by atoms with van der Waals surface area (Å²) in [5.41, 5.74) is -0.169. The first kappa shape index (κ1) is 14.5. The van der Waals surface area contributed by atoms with Gasteiger partial charge in [0.15, 0.2) is 0 Å². The van der Waals surface area contributed by atoms with E-state index in [0.717, 1.165) is 0 Å². The number of amides is 1. The molecule has 0 atom stereocenters. The third-order valence-corrected chi connectivity index (χ3v) is 2.66. The first-order chi connectivity index (χ1) is 8.33. The van der Waals surface area contributed by atoms with Crippen LogP contribution in [0.1, 0.15) is 37.4 Å². The summed E-state index contributed by atoms with van der Waals surface area (Å²) in [4.78, 5) is 23.5. The average molecular weight is 271 g/mol. The molecule has 0 aliphatic rings. The molecule has 0 aliphatic carbocycles. The zero-order valence-corrected chi connectivity index (χ0v) is 11.7. The number of rotatable bonds is 3. The fourth-order valence-electron chi connectivity index (χ4n) is 1.18. The highest BCUT2D eigenvalue weighted by Gasteiger charge is 2.20. The van der Waals surface area contributed by atoms with E-state index in [9.17, 15) is 9.59 Å². The molecule has 0 aromatic carbocycles. The van der Waals surface area contributed by atoms with Gasteiger partial charge in [0.1, 0.15) is 10.5 Å². The quantitative estimate of drug-likeness (QED) is 0.857. The molecule has 18 heavy (non-hydrogen) atoms. The van der Waals surface area contributed by atoms with Gasteiger partial charge in [-0.05, 0) is 39.1 Å². The summed E-state index contributed by atoms with van der Waals surface area (Å²) in [6, 6.07) is 1.64. The van der Waals surface area contributed by atoms with Crippen LogP contribution in [-0.2, 0) is 9.47 Å². The third kappa shape index (κ3) is 4.37. The summed E-state index contributed by atoms with van der Waals surface area (Å²) in [6.45, 7) is 7.33. The van der Waals surface area contributed by atoms with Crippen molar-refractivity contribution in [2.45, 2.75) is 33.3 Å². The van der Waals surface area contributed by atoms with Crippen molar-refractivity contribution in [3.8, 4) is 0 Å². The maximum absolute atomic E-state index is 11.6. The maximum atomic E-state index is 11.6. The molecule has 1 aromatic heterocycles. The summed E-state index contributed by atoms with van der Waals surface area (Å²) in [5.74, 6) is -0.446. The van der Waals surface area contributed by atoms with Crippen LogP contribution in [0.15, 0.2) is 11.4 Å². The van der Waals surface area contributed by atoms with Crippen molar-refractivity contribution in [2.24, 2.45) is 0 Å². The Morgan fingerprint density at radius 2 is 2.06 bits per heavy atom. The fraction of sp³-hybridized carbons (Fsp3) is 0.500. The Kier molecular flexibility index (Phi) is 4.72. The molecule has 1 rings (SSSR count). The molecule has 5 nitrogen and oxygen atoms in total. The lowest BCUT2D eigenvalue weighted by atomic mass is 10.2. The Morgan fingerprint density at radius 3 is 2.61 bits per heavy atom. The Balaban J connectivity index is 2.71. The van der Waals surface area contributed by atoms with Gasteiger partial charge in [-0.15, -0.1) is 11.3 Å². The van der Waals surface area contributed by atoms with Crippen LogP contribution in [0.25, 0.3) is 0 Å². The number of thiophene rings is 1. The summed E-state index contributed by atoms with van der Waals surface area (Å²) >= 11 is 1.21. The second-order valence-corrected chi connectivity index (χ2v) is 5.43. The summed E-state index contributed by atoms with van der Waals surface area (Å²) in [7, 11) is 0. The molecular weight excluding hydrogens is 254 g/mol. The molecule has 0 spiro atoms. The van der Waals surface area contributed by atoms with Gasteiger partial charge in [-0.3, -0.25) is 5.32 Å². The van der Waals surface area contributed by atoms with Crippen molar-refractivity contribution in [1.29, 1.82) is 0 Å². The third-order valence-electron chi connectivity index (χ3n) is 1.76. The zero-order valence-electron chi connectivity index (χ0n) is 10.9. The van der Waals surface area contributed by atoms with Crippen LogP contribution in [0.4, 0.5) is 10.5 Å². The number of esters is 1. The van der Waals surface area contributed by atoms with Crippen molar-refractivity contribution in [3.05, 3.63) is 16.3 Å². The van der Waals surface area contributed by atoms with E-state index in [2.05, 4.69) is 5.32 Å². The monoisotopic (exact) mass is 271 g/mol. The predicted octanol–water partition coefficient (Wildman–Crippen LogP) is 3.27. The highest BCUT2D eigenvalue weighted by atomic mass is 32.1. The van der Waals surface area contributed by atoms with Crippen LogP contribution in [0.2, 0.25) is 0 Å². The van der Waals surface area contributed by atoms with E-state index >= 15 is 0 Å². The van der Waals surface area contributed by atoms with Gasteiger partial charge < -0.3 is 9.47 Å². The van der Waals surface area contributed by atoms with E-state index in [1.807, 2.05) is 0 Å². The number of hydrogen-bond donors (Lipinski definition) is 1. The normalized spacial score (nSPS) is 10.9. The Labute approximate surface area is 110 Å². The fourth-order valence-corrected chi connectivity index (χ4v) is 1.92. The van der Waals surface area contributed by atoms with E-state index in [1.165, 1.54) is 11.3 Å².